The minimum absolute atomic E-state index is 0.231. The average Bonchev–Trinajstić information content (AvgIpc) is 3.03. The Morgan fingerprint density at radius 2 is 1.75 bits per heavy atom. The molecule has 0 aliphatic carbocycles. The number of hydrogen-bond donors (Lipinski definition) is 1. The number of para-hydroxylation sites is 1. The van der Waals surface area contributed by atoms with Gasteiger partial charge in [0.15, 0.2) is 0 Å². The van der Waals surface area contributed by atoms with Crippen LogP contribution in [0.3, 0.4) is 0 Å². The van der Waals surface area contributed by atoms with Crippen molar-refractivity contribution in [1.29, 1.82) is 0 Å². The molecule has 2 aromatic carbocycles. The molecule has 0 aliphatic heterocycles. The molecule has 1 heterocycles. The van der Waals surface area contributed by atoms with Crippen molar-refractivity contribution < 1.29 is 4.79 Å². The number of carbonyl (C=O) groups is 1. The number of amides is 1. The van der Waals surface area contributed by atoms with E-state index in [9.17, 15) is 4.79 Å². The maximum atomic E-state index is 12.1. The van der Waals surface area contributed by atoms with Crippen LogP contribution in [0.4, 0.5) is 10.5 Å². The van der Waals surface area contributed by atoms with Gasteiger partial charge in [-0.25, -0.2) is 9.78 Å². The van der Waals surface area contributed by atoms with E-state index in [1.807, 2.05) is 54.6 Å². The summed E-state index contributed by atoms with van der Waals surface area (Å²) in [5.41, 5.74) is 2.83. The maximum absolute atomic E-state index is 12.1. The zero-order valence-corrected chi connectivity index (χ0v) is 10.7. The molecule has 0 spiro atoms. The number of hydrogen-bond acceptors (Lipinski definition) is 2. The van der Waals surface area contributed by atoms with Gasteiger partial charge in [-0.1, -0.05) is 48.5 Å². The fourth-order valence-corrected chi connectivity index (χ4v) is 2.02. The van der Waals surface area contributed by atoms with Crippen molar-refractivity contribution in [1.82, 2.24) is 9.55 Å². The zero-order valence-electron chi connectivity index (χ0n) is 10.7. The van der Waals surface area contributed by atoms with Crippen molar-refractivity contribution in [2.45, 2.75) is 0 Å². The standard InChI is InChI=1S/C16H13N3O/c20-16(19-11-10-17-12-19)18-15-9-5-4-8-14(15)13-6-2-1-3-7-13/h1-12H,(H,18,20). The van der Waals surface area contributed by atoms with Crippen LogP contribution in [0, 0.1) is 0 Å². The first kappa shape index (κ1) is 12.2. The molecule has 0 bridgehead atoms. The molecule has 0 saturated carbocycles. The molecule has 4 nitrogen and oxygen atoms in total. The molecule has 1 aromatic heterocycles. The number of imidazole rings is 1. The minimum atomic E-state index is -0.231. The third kappa shape index (κ3) is 2.44. The van der Waals surface area contributed by atoms with Gasteiger partial charge in [0.25, 0.3) is 0 Å². The summed E-state index contributed by atoms with van der Waals surface area (Å²) < 4.78 is 1.40. The van der Waals surface area contributed by atoms with E-state index in [-0.39, 0.29) is 6.03 Å². The molecule has 0 aliphatic rings. The summed E-state index contributed by atoms with van der Waals surface area (Å²) >= 11 is 0. The fraction of sp³-hybridized carbons (Fsp3) is 0. The van der Waals surface area contributed by atoms with Crippen molar-refractivity contribution >= 4 is 11.7 Å². The van der Waals surface area contributed by atoms with Gasteiger partial charge in [0.05, 0.1) is 5.69 Å². The predicted octanol–water partition coefficient (Wildman–Crippen LogP) is 3.63. The summed E-state index contributed by atoms with van der Waals surface area (Å²) in [6.45, 7) is 0. The molecule has 4 heteroatoms. The smallest absolute Gasteiger partial charge is 0.307 e. The number of rotatable bonds is 2. The first-order valence-electron chi connectivity index (χ1n) is 6.28. The van der Waals surface area contributed by atoms with Crippen LogP contribution in [0.2, 0.25) is 0 Å². The lowest BCUT2D eigenvalue weighted by molar-refractivity contribution is 0.253. The van der Waals surface area contributed by atoms with Gasteiger partial charge in [-0.2, -0.15) is 0 Å². The van der Waals surface area contributed by atoms with Gasteiger partial charge in [0, 0.05) is 18.0 Å². The van der Waals surface area contributed by atoms with Crippen LogP contribution in [0.1, 0.15) is 0 Å². The number of anilines is 1. The van der Waals surface area contributed by atoms with Crippen LogP contribution < -0.4 is 5.32 Å². The second-order valence-corrected chi connectivity index (χ2v) is 4.31. The molecular weight excluding hydrogens is 250 g/mol. The lowest BCUT2D eigenvalue weighted by Crippen LogP contribution is -2.18. The summed E-state index contributed by atoms with van der Waals surface area (Å²) in [7, 11) is 0. The monoisotopic (exact) mass is 263 g/mol. The molecule has 0 atom stereocenters. The number of nitrogens with one attached hydrogen (secondary N) is 1. The lowest BCUT2D eigenvalue weighted by Gasteiger charge is -2.11. The second-order valence-electron chi connectivity index (χ2n) is 4.31. The molecular formula is C16H13N3O. The molecule has 20 heavy (non-hydrogen) atoms. The van der Waals surface area contributed by atoms with Gasteiger partial charge in [-0.3, -0.25) is 4.57 Å². The normalized spacial score (nSPS) is 10.2. The maximum Gasteiger partial charge on any atom is 0.331 e. The highest BCUT2D eigenvalue weighted by atomic mass is 16.2. The Kier molecular flexibility index (Phi) is 3.29. The van der Waals surface area contributed by atoms with Crippen LogP contribution in [0.5, 0.6) is 0 Å². The first-order valence-corrected chi connectivity index (χ1v) is 6.28. The van der Waals surface area contributed by atoms with Crippen molar-refractivity contribution in [3.63, 3.8) is 0 Å². The summed E-state index contributed by atoms with van der Waals surface area (Å²) in [6.07, 6.45) is 4.66. The Hall–Kier alpha value is -2.88. The largest absolute Gasteiger partial charge is 0.331 e. The van der Waals surface area contributed by atoms with Gasteiger partial charge in [0.2, 0.25) is 0 Å². The lowest BCUT2D eigenvalue weighted by atomic mass is 10.0. The van der Waals surface area contributed by atoms with E-state index in [1.165, 1.54) is 10.9 Å². The van der Waals surface area contributed by atoms with Gasteiger partial charge in [-0.15, -0.1) is 0 Å². The molecule has 98 valence electrons. The summed E-state index contributed by atoms with van der Waals surface area (Å²) in [6, 6.07) is 17.4. The van der Waals surface area contributed by atoms with Crippen LogP contribution in [0.15, 0.2) is 73.3 Å². The van der Waals surface area contributed by atoms with E-state index in [0.717, 1.165) is 16.8 Å². The van der Waals surface area contributed by atoms with E-state index in [2.05, 4.69) is 10.3 Å². The number of nitrogens with zero attached hydrogens (tertiary/aromatic N) is 2. The van der Waals surface area contributed by atoms with Gasteiger partial charge < -0.3 is 5.32 Å². The third-order valence-corrected chi connectivity index (χ3v) is 2.99. The van der Waals surface area contributed by atoms with E-state index in [4.69, 9.17) is 0 Å². The zero-order chi connectivity index (χ0) is 13.8. The molecule has 0 fully saturated rings. The molecule has 0 saturated heterocycles. The van der Waals surface area contributed by atoms with Crippen LogP contribution in [0.25, 0.3) is 11.1 Å². The van der Waals surface area contributed by atoms with Crippen LogP contribution >= 0.6 is 0 Å². The Labute approximate surface area is 116 Å². The second kappa shape index (κ2) is 5.40. The van der Waals surface area contributed by atoms with Crippen molar-refractivity contribution in [2.24, 2.45) is 0 Å². The van der Waals surface area contributed by atoms with E-state index < -0.39 is 0 Å². The number of benzene rings is 2. The van der Waals surface area contributed by atoms with Gasteiger partial charge in [0.1, 0.15) is 6.33 Å². The predicted molar refractivity (Wildman–Crippen MR) is 78.5 cm³/mol. The molecule has 1 N–H and O–H groups in total. The highest BCUT2D eigenvalue weighted by molar-refractivity contribution is 5.95. The van der Waals surface area contributed by atoms with E-state index in [1.54, 1.807) is 12.4 Å². The number of aromatic nitrogens is 2. The Balaban J connectivity index is 1.93. The summed E-state index contributed by atoms with van der Waals surface area (Å²) in [4.78, 5) is 15.9. The third-order valence-electron chi connectivity index (χ3n) is 2.99. The highest BCUT2D eigenvalue weighted by Gasteiger charge is 2.08. The summed E-state index contributed by atoms with van der Waals surface area (Å²) in [5, 5.41) is 2.90. The fourth-order valence-electron chi connectivity index (χ4n) is 2.02. The van der Waals surface area contributed by atoms with Crippen molar-refractivity contribution in [2.75, 3.05) is 5.32 Å². The Morgan fingerprint density at radius 1 is 1.00 bits per heavy atom. The van der Waals surface area contributed by atoms with Crippen LogP contribution in [-0.4, -0.2) is 15.6 Å². The summed E-state index contributed by atoms with van der Waals surface area (Å²) in [5.74, 6) is 0. The Morgan fingerprint density at radius 3 is 2.50 bits per heavy atom. The van der Waals surface area contributed by atoms with Crippen molar-refractivity contribution in [3.8, 4) is 11.1 Å². The highest BCUT2D eigenvalue weighted by Crippen LogP contribution is 2.27. The van der Waals surface area contributed by atoms with Crippen LogP contribution in [-0.2, 0) is 0 Å². The Bertz CT molecular complexity index is 706. The first-order chi connectivity index (χ1) is 9.84. The molecule has 3 aromatic rings. The average molecular weight is 263 g/mol. The van der Waals surface area contributed by atoms with E-state index in [0.29, 0.717) is 0 Å². The number of carbonyl (C=O) groups excluding carboxylic acids is 1. The van der Waals surface area contributed by atoms with Gasteiger partial charge >= 0.3 is 6.03 Å². The molecule has 3 rings (SSSR count). The SMILES string of the molecule is O=C(Nc1ccccc1-c1ccccc1)n1ccnc1. The molecule has 0 unspecified atom stereocenters. The molecule has 0 radical (unpaired) electrons. The van der Waals surface area contributed by atoms with Gasteiger partial charge in [-0.05, 0) is 11.6 Å². The van der Waals surface area contributed by atoms with E-state index >= 15 is 0 Å². The topological polar surface area (TPSA) is 46.9 Å². The quantitative estimate of drug-likeness (QED) is 0.767. The molecule has 1 amide bonds. The minimum Gasteiger partial charge on any atom is -0.307 e. The van der Waals surface area contributed by atoms with Crippen molar-refractivity contribution in [3.05, 3.63) is 73.3 Å².